The highest BCUT2D eigenvalue weighted by molar-refractivity contribution is 6.28. The average Bonchev–Trinajstić information content (AvgIpc) is 2.73. The lowest BCUT2D eigenvalue weighted by Crippen LogP contribution is -2.33. The molecule has 1 aromatic carbocycles. The summed E-state index contributed by atoms with van der Waals surface area (Å²) in [5.74, 6) is 0.307. The molecule has 1 amide bonds. The van der Waals surface area contributed by atoms with Crippen LogP contribution in [0.5, 0.6) is 0 Å². The van der Waals surface area contributed by atoms with Gasteiger partial charge in [0.2, 0.25) is 0 Å². The van der Waals surface area contributed by atoms with Gasteiger partial charge in [-0.05, 0) is 46.1 Å². The molecule has 0 aliphatic rings. The summed E-state index contributed by atoms with van der Waals surface area (Å²) in [5, 5.41) is 6.75. The Kier molecular flexibility index (Phi) is 25.3. The van der Waals surface area contributed by atoms with E-state index in [1.54, 1.807) is 6.08 Å². The number of carbonyl (C=O) groups excluding carboxylic acids is 1. The molecule has 0 saturated heterocycles. The number of alkyl halides is 1. The summed E-state index contributed by atoms with van der Waals surface area (Å²) in [4.78, 5) is 16.8. The van der Waals surface area contributed by atoms with Gasteiger partial charge in [-0.1, -0.05) is 69.3 Å². The van der Waals surface area contributed by atoms with E-state index in [9.17, 15) is 4.79 Å². The first-order valence-corrected chi connectivity index (χ1v) is 11.2. The molecular formula is C24H43ClN2O3. The number of halogens is 1. The summed E-state index contributed by atoms with van der Waals surface area (Å²) in [6.45, 7) is 19.7. The SMILES string of the molecule is C=CC.CC.CC.CC(C)(C)OC(=O)NCCC/C(CCl)=N/OCc1ccccc1. The average molecular weight is 443 g/mol. The number of allylic oxidation sites excluding steroid dienone is 1. The van der Waals surface area contributed by atoms with Crippen molar-refractivity contribution in [2.45, 2.75) is 80.4 Å². The molecule has 0 unspecified atom stereocenters. The maximum atomic E-state index is 11.5. The summed E-state index contributed by atoms with van der Waals surface area (Å²) < 4.78 is 5.15. The fourth-order valence-electron chi connectivity index (χ4n) is 1.71. The number of oxime groups is 1. The third-order valence-electron chi connectivity index (χ3n) is 2.73. The molecule has 0 aliphatic carbocycles. The molecule has 1 aromatic rings. The van der Waals surface area contributed by atoms with E-state index < -0.39 is 11.7 Å². The van der Waals surface area contributed by atoms with E-state index in [0.717, 1.165) is 17.7 Å². The zero-order valence-corrected chi connectivity index (χ0v) is 21.0. The second-order valence-electron chi connectivity index (χ2n) is 6.49. The number of alkyl carbamates (subject to hydrolysis) is 1. The monoisotopic (exact) mass is 442 g/mol. The summed E-state index contributed by atoms with van der Waals surface area (Å²) >= 11 is 5.86. The normalized spacial score (nSPS) is 9.97. The van der Waals surface area contributed by atoms with E-state index in [1.807, 2.05) is 85.7 Å². The molecule has 0 saturated carbocycles. The first-order valence-electron chi connectivity index (χ1n) is 10.6. The van der Waals surface area contributed by atoms with Crippen molar-refractivity contribution in [3.8, 4) is 0 Å². The second-order valence-corrected chi connectivity index (χ2v) is 6.76. The Bertz CT molecular complexity index is 541. The number of carbonyl (C=O) groups is 1. The Morgan fingerprint density at radius 3 is 2.17 bits per heavy atom. The fraction of sp³-hybridized carbons (Fsp3) is 0.583. The molecule has 6 heteroatoms. The van der Waals surface area contributed by atoms with Crippen molar-refractivity contribution in [2.24, 2.45) is 5.16 Å². The van der Waals surface area contributed by atoms with Gasteiger partial charge in [-0.15, -0.1) is 18.2 Å². The molecule has 0 atom stereocenters. The zero-order valence-electron chi connectivity index (χ0n) is 20.3. The van der Waals surface area contributed by atoms with Gasteiger partial charge < -0.3 is 14.9 Å². The van der Waals surface area contributed by atoms with Crippen LogP contribution in [0.15, 0.2) is 48.1 Å². The number of nitrogens with zero attached hydrogens (tertiary/aromatic N) is 1. The molecule has 30 heavy (non-hydrogen) atoms. The van der Waals surface area contributed by atoms with Crippen molar-refractivity contribution in [2.75, 3.05) is 12.4 Å². The van der Waals surface area contributed by atoms with Crippen LogP contribution in [0, 0.1) is 0 Å². The van der Waals surface area contributed by atoms with E-state index in [0.29, 0.717) is 25.5 Å². The van der Waals surface area contributed by atoms with Gasteiger partial charge in [-0.3, -0.25) is 0 Å². The lowest BCUT2D eigenvalue weighted by Gasteiger charge is -2.19. The molecule has 5 nitrogen and oxygen atoms in total. The van der Waals surface area contributed by atoms with Crippen molar-refractivity contribution in [1.29, 1.82) is 0 Å². The predicted octanol–water partition coefficient (Wildman–Crippen LogP) is 7.35. The summed E-state index contributed by atoms with van der Waals surface area (Å²) in [6.07, 6.45) is 2.72. The highest BCUT2D eigenvalue weighted by Crippen LogP contribution is 2.06. The maximum absolute atomic E-state index is 11.5. The third-order valence-corrected chi connectivity index (χ3v) is 3.04. The number of hydrogen-bond acceptors (Lipinski definition) is 4. The van der Waals surface area contributed by atoms with Crippen molar-refractivity contribution in [1.82, 2.24) is 5.32 Å². The molecule has 0 aliphatic heterocycles. The highest BCUT2D eigenvalue weighted by Gasteiger charge is 2.15. The smallest absolute Gasteiger partial charge is 0.407 e. The van der Waals surface area contributed by atoms with Crippen LogP contribution in [0.2, 0.25) is 0 Å². The molecule has 0 fully saturated rings. The molecular weight excluding hydrogens is 400 g/mol. The van der Waals surface area contributed by atoms with E-state index in [4.69, 9.17) is 21.2 Å². The quantitative estimate of drug-likeness (QED) is 0.150. The first kappa shape index (κ1) is 32.6. The van der Waals surface area contributed by atoms with E-state index in [2.05, 4.69) is 17.1 Å². The molecule has 1 rings (SSSR count). The van der Waals surface area contributed by atoms with Gasteiger partial charge in [0.1, 0.15) is 12.2 Å². The lowest BCUT2D eigenvalue weighted by molar-refractivity contribution is 0.0527. The third kappa shape index (κ3) is 24.0. The van der Waals surface area contributed by atoms with Crippen LogP contribution in [-0.4, -0.2) is 29.8 Å². The Labute approximate surface area is 189 Å². The van der Waals surface area contributed by atoms with Gasteiger partial charge >= 0.3 is 6.09 Å². The zero-order chi connectivity index (χ0) is 23.8. The minimum absolute atomic E-state index is 0.307. The van der Waals surface area contributed by atoms with Crippen LogP contribution in [0.4, 0.5) is 4.79 Å². The molecule has 0 heterocycles. The van der Waals surface area contributed by atoms with Gasteiger partial charge in [0.25, 0.3) is 0 Å². The van der Waals surface area contributed by atoms with Gasteiger partial charge in [-0.2, -0.15) is 0 Å². The predicted molar refractivity (Wildman–Crippen MR) is 131 cm³/mol. The minimum Gasteiger partial charge on any atom is -0.444 e. The number of hydrogen-bond donors (Lipinski definition) is 1. The molecule has 174 valence electrons. The van der Waals surface area contributed by atoms with Crippen LogP contribution in [-0.2, 0) is 16.2 Å². The van der Waals surface area contributed by atoms with Crippen molar-refractivity contribution in [3.05, 3.63) is 48.6 Å². The standard InChI is InChI=1S/C17H25ClN2O3.C3H6.2C2H6/c1-17(2,3)23-16(21)19-11-7-10-15(12-18)20-22-13-14-8-5-4-6-9-14;1-3-2;2*1-2/h4-6,8-9H,7,10-13H2,1-3H3,(H,19,21);3H,1H2,2H3;2*1-2H3/b20-15-;;;. The van der Waals surface area contributed by atoms with Crippen molar-refractivity contribution < 1.29 is 14.4 Å². The van der Waals surface area contributed by atoms with Crippen LogP contribution in [0.25, 0.3) is 0 Å². The largest absolute Gasteiger partial charge is 0.444 e. The van der Waals surface area contributed by atoms with E-state index in [1.165, 1.54) is 0 Å². The Hall–Kier alpha value is -2.01. The molecule has 0 spiro atoms. The summed E-state index contributed by atoms with van der Waals surface area (Å²) in [6, 6.07) is 9.80. The Morgan fingerprint density at radius 1 is 1.17 bits per heavy atom. The van der Waals surface area contributed by atoms with E-state index >= 15 is 0 Å². The number of rotatable bonds is 8. The van der Waals surface area contributed by atoms with Gasteiger partial charge in [-0.25, -0.2) is 4.79 Å². The molecule has 0 radical (unpaired) electrons. The first-order chi connectivity index (χ1) is 14.3. The number of amides is 1. The van der Waals surface area contributed by atoms with Crippen LogP contribution in [0.3, 0.4) is 0 Å². The highest BCUT2D eigenvalue weighted by atomic mass is 35.5. The van der Waals surface area contributed by atoms with Crippen molar-refractivity contribution in [3.63, 3.8) is 0 Å². The van der Waals surface area contributed by atoms with E-state index in [-0.39, 0.29) is 0 Å². The second kappa shape index (κ2) is 23.3. The van der Waals surface area contributed by atoms with Gasteiger partial charge in [0.15, 0.2) is 0 Å². The van der Waals surface area contributed by atoms with Crippen LogP contribution < -0.4 is 5.32 Å². The maximum Gasteiger partial charge on any atom is 0.407 e. The number of nitrogens with one attached hydrogen (secondary N) is 1. The summed E-state index contributed by atoms with van der Waals surface area (Å²) in [5.41, 5.74) is 1.32. The van der Waals surface area contributed by atoms with Crippen LogP contribution >= 0.6 is 11.6 Å². The summed E-state index contributed by atoms with van der Waals surface area (Å²) in [7, 11) is 0. The number of benzene rings is 1. The Balaban J connectivity index is -0.000000926. The topological polar surface area (TPSA) is 59.9 Å². The lowest BCUT2D eigenvalue weighted by atomic mass is 10.2. The van der Waals surface area contributed by atoms with Crippen LogP contribution in [0.1, 0.15) is 73.8 Å². The van der Waals surface area contributed by atoms with Gasteiger partial charge in [0.05, 0.1) is 11.6 Å². The van der Waals surface area contributed by atoms with Crippen molar-refractivity contribution >= 4 is 23.4 Å². The number of ether oxygens (including phenoxy) is 1. The molecule has 0 bridgehead atoms. The van der Waals surface area contributed by atoms with Gasteiger partial charge in [0, 0.05) is 6.54 Å². The Morgan fingerprint density at radius 2 is 1.70 bits per heavy atom. The minimum atomic E-state index is -0.488. The fourth-order valence-corrected chi connectivity index (χ4v) is 1.89. The molecule has 0 aromatic heterocycles. The molecule has 1 N–H and O–H groups in total.